The molecule has 29 heavy (non-hydrogen) atoms. The molecule has 4 aromatic rings. The van der Waals surface area contributed by atoms with Gasteiger partial charge in [-0.25, -0.2) is 4.98 Å². The van der Waals surface area contributed by atoms with E-state index in [-0.39, 0.29) is 10.8 Å². The third kappa shape index (κ3) is 3.42. The van der Waals surface area contributed by atoms with Crippen LogP contribution in [0.3, 0.4) is 0 Å². The van der Waals surface area contributed by atoms with Gasteiger partial charge in [-0.15, -0.1) is 11.3 Å². The zero-order valence-electron chi connectivity index (χ0n) is 16.2. The number of rotatable bonds is 5. The third-order valence-corrected chi connectivity index (χ3v) is 7.37. The molecule has 4 aromatic heterocycles. The summed E-state index contributed by atoms with van der Waals surface area (Å²) in [7, 11) is 0. The maximum Gasteiger partial charge on any atom is 0.263 e. The molecule has 0 bridgehead atoms. The molecule has 0 saturated heterocycles. The van der Waals surface area contributed by atoms with Crippen molar-refractivity contribution in [3.63, 3.8) is 0 Å². The van der Waals surface area contributed by atoms with Crippen molar-refractivity contribution in [3.8, 4) is 0 Å². The fourth-order valence-corrected chi connectivity index (χ4v) is 5.94. The Morgan fingerprint density at radius 1 is 1.31 bits per heavy atom. The predicted molar refractivity (Wildman–Crippen MR) is 112 cm³/mol. The van der Waals surface area contributed by atoms with Crippen LogP contribution in [0.4, 0.5) is 0 Å². The standard InChI is InChI=1S/C20H20N4O3S2/c1-11(17-21-12(2)23-27-17)28-20-22-18-16(14-7-3-4-8-15(14)29-18)19(25)24(20)10-13-6-5-9-26-13/h5-6,9,11H,3-4,7-8,10H2,1-2H3. The average Bonchev–Trinajstić information content (AvgIpc) is 3.44. The molecular formula is C20H20N4O3S2. The monoisotopic (exact) mass is 428 g/mol. The zero-order chi connectivity index (χ0) is 20.0. The molecule has 0 spiro atoms. The first kappa shape index (κ1) is 18.6. The van der Waals surface area contributed by atoms with Crippen LogP contribution in [0.5, 0.6) is 0 Å². The van der Waals surface area contributed by atoms with Crippen molar-refractivity contribution in [1.82, 2.24) is 19.7 Å². The first-order valence-electron chi connectivity index (χ1n) is 9.64. The van der Waals surface area contributed by atoms with Gasteiger partial charge in [-0.1, -0.05) is 16.9 Å². The Balaban J connectivity index is 1.63. The summed E-state index contributed by atoms with van der Waals surface area (Å²) in [6.45, 7) is 4.11. The van der Waals surface area contributed by atoms with E-state index < -0.39 is 0 Å². The van der Waals surface area contributed by atoms with Gasteiger partial charge < -0.3 is 8.94 Å². The average molecular weight is 429 g/mol. The van der Waals surface area contributed by atoms with Crippen molar-refractivity contribution in [2.24, 2.45) is 0 Å². The van der Waals surface area contributed by atoms with Crippen LogP contribution in [-0.4, -0.2) is 19.7 Å². The van der Waals surface area contributed by atoms with Gasteiger partial charge in [0.15, 0.2) is 11.0 Å². The van der Waals surface area contributed by atoms with Crippen molar-refractivity contribution < 1.29 is 8.94 Å². The SMILES string of the molecule is Cc1noc(C(C)Sc2nc3sc4c(c3c(=O)n2Cc2ccco2)CCCC4)n1. The fraction of sp³-hybridized carbons (Fsp3) is 0.400. The van der Waals surface area contributed by atoms with Crippen LogP contribution in [0.15, 0.2) is 37.3 Å². The molecule has 5 rings (SSSR count). The lowest BCUT2D eigenvalue weighted by atomic mass is 9.97. The highest BCUT2D eigenvalue weighted by atomic mass is 32.2. The smallest absolute Gasteiger partial charge is 0.263 e. The second-order valence-corrected chi connectivity index (χ2v) is 9.59. The van der Waals surface area contributed by atoms with Crippen LogP contribution >= 0.6 is 23.1 Å². The second-order valence-electron chi connectivity index (χ2n) is 7.20. The lowest BCUT2D eigenvalue weighted by Gasteiger charge is -2.14. The summed E-state index contributed by atoms with van der Waals surface area (Å²) in [5, 5.41) is 5.17. The molecule has 0 aromatic carbocycles. The lowest BCUT2D eigenvalue weighted by Crippen LogP contribution is -2.24. The quantitative estimate of drug-likeness (QED) is 0.341. The Kier molecular flexibility index (Phi) is 4.79. The van der Waals surface area contributed by atoms with Gasteiger partial charge in [0.2, 0.25) is 5.89 Å². The van der Waals surface area contributed by atoms with Gasteiger partial charge >= 0.3 is 0 Å². The van der Waals surface area contributed by atoms with E-state index in [2.05, 4.69) is 10.1 Å². The molecule has 1 aliphatic rings. The first-order chi connectivity index (χ1) is 14.1. The van der Waals surface area contributed by atoms with Crippen LogP contribution in [-0.2, 0) is 19.4 Å². The van der Waals surface area contributed by atoms with Crippen molar-refractivity contribution in [2.45, 2.75) is 56.5 Å². The number of thioether (sulfide) groups is 1. The maximum atomic E-state index is 13.6. The van der Waals surface area contributed by atoms with Crippen molar-refractivity contribution in [3.05, 3.63) is 56.7 Å². The molecule has 1 aliphatic carbocycles. The predicted octanol–water partition coefficient (Wildman–Crippen LogP) is 4.52. The number of furan rings is 1. The maximum absolute atomic E-state index is 13.6. The van der Waals surface area contributed by atoms with E-state index in [1.54, 1.807) is 29.1 Å². The Labute approximate surface area is 175 Å². The minimum atomic E-state index is -0.127. The molecule has 7 nitrogen and oxygen atoms in total. The van der Waals surface area contributed by atoms with Crippen LogP contribution < -0.4 is 5.56 Å². The number of aromatic nitrogens is 4. The topological polar surface area (TPSA) is 87.0 Å². The summed E-state index contributed by atoms with van der Waals surface area (Å²) in [5.41, 5.74) is 1.20. The van der Waals surface area contributed by atoms with E-state index in [4.69, 9.17) is 13.9 Å². The summed E-state index contributed by atoms with van der Waals surface area (Å²) in [4.78, 5) is 24.9. The Hall–Kier alpha value is -2.39. The van der Waals surface area contributed by atoms with Crippen LogP contribution in [0, 0.1) is 6.92 Å². The van der Waals surface area contributed by atoms with E-state index in [9.17, 15) is 4.79 Å². The number of thiophene rings is 1. The zero-order valence-corrected chi connectivity index (χ0v) is 17.8. The summed E-state index contributed by atoms with van der Waals surface area (Å²) in [5.74, 6) is 1.84. The normalized spacial score (nSPS) is 15.0. The Morgan fingerprint density at radius 3 is 2.93 bits per heavy atom. The van der Waals surface area contributed by atoms with Gasteiger partial charge in [0.1, 0.15) is 10.6 Å². The van der Waals surface area contributed by atoms with Crippen molar-refractivity contribution >= 4 is 33.3 Å². The summed E-state index contributed by atoms with van der Waals surface area (Å²) < 4.78 is 12.5. The van der Waals surface area contributed by atoms with E-state index in [1.165, 1.54) is 28.6 Å². The van der Waals surface area contributed by atoms with Crippen LogP contribution in [0.2, 0.25) is 0 Å². The number of hydrogen-bond acceptors (Lipinski definition) is 8. The molecule has 150 valence electrons. The van der Waals surface area contributed by atoms with Gasteiger partial charge in [0.25, 0.3) is 5.56 Å². The molecular weight excluding hydrogens is 408 g/mol. The van der Waals surface area contributed by atoms with Gasteiger partial charge in [-0.2, -0.15) is 4.98 Å². The number of nitrogens with zero attached hydrogens (tertiary/aromatic N) is 4. The number of aryl methyl sites for hydroxylation is 3. The third-order valence-electron chi connectivity index (χ3n) is 5.11. The summed E-state index contributed by atoms with van der Waals surface area (Å²) >= 11 is 3.11. The Morgan fingerprint density at radius 2 is 2.17 bits per heavy atom. The molecule has 1 unspecified atom stereocenters. The van der Waals surface area contributed by atoms with Gasteiger partial charge in [-0.3, -0.25) is 9.36 Å². The van der Waals surface area contributed by atoms with Crippen molar-refractivity contribution in [2.75, 3.05) is 0 Å². The summed E-state index contributed by atoms with van der Waals surface area (Å²) in [6.07, 6.45) is 5.91. The number of fused-ring (bicyclic) bond motifs is 3. The molecule has 0 fully saturated rings. The van der Waals surface area contributed by atoms with E-state index in [1.807, 2.05) is 19.1 Å². The highest BCUT2D eigenvalue weighted by Gasteiger charge is 2.24. The van der Waals surface area contributed by atoms with Gasteiger partial charge in [0.05, 0.1) is 23.4 Å². The minimum Gasteiger partial charge on any atom is -0.467 e. The minimum absolute atomic E-state index is 0.00205. The van der Waals surface area contributed by atoms with Crippen molar-refractivity contribution in [1.29, 1.82) is 0 Å². The fourth-order valence-electron chi connectivity index (χ4n) is 3.69. The van der Waals surface area contributed by atoms with Crippen LogP contribution in [0.25, 0.3) is 10.2 Å². The molecule has 0 aliphatic heterocycles. The van der Waals surface area contributed by atoms with E-state index in [0.29, 0.717) is 23.4 Å². The highest BCUT2D eigenvalue weighted by molar-refractivity contribution is 7.99. The lowest BCUT2D eigenvalue weighted by molar-refractivity contribution is 0.376. The number of hydrogen-bond donors (Lipinski definition) is 0. The molecule has 0 saturated carbocycles. The molecule has 1 atom stereocenters. The van der Waals surface area contributed by atoms with E-state index in [0.717, 1.165) is 35.2 Å². The summed E-state index contributed by atoms with van der Waals surface area (Å²) in [6, 6.07) is 3.70. The Bertz CT molecular complexity index is 1220. The van der Waals surface area contributed by atoms with E-state index >= 15 is 0 Å². The second kappa shape index (κ2) is 7.46. The van der Waals surface area contributed by atoms with Gasteiger partial charge in [0, 0.05) is 4.88 Å². The largest absolute Gasteiger partial charge is 0.467 e. The molecule has 0 amide bonds. The first-order valence-corrected chi connectivity index (χ1v) is 11.3. The molecule has 0 radical (unpaired) electrons. The highest BCUT2D eigenvalue weighted by Crippen LogP contribution is 2.37. The molecule has 4 heterocycles. The molecule has 0 N–H and O–H groups in total. The van der Waals surface area contributed by atoms with Gasteiger partial charge in [-0.05, 0) is 57.2 Å². The molecule has 9 heteroatoms. The van der Waals surface area contributed by atoms with Crippen LogP contribution in [0.1, 0.15) is 52.9 Å².